The Morgan fingerprint density at radius 1 is 1.73 bits per heavy atom. The molecule has 0 rings (SSSR count). The number of guanidine groups is 1. The van der Waals surface area contributed by atoms with Gasteiger partial charge in [0.25, 0.3) is 0 Å². The quantitative estimate of drug-likeness (QED) is 0.223. The first-order chi connectivity index (χ1) is 4.04. The van der Waals surface area contributed by atoms with E-state index in [1.165, 1.54) is 7.05 Å². The number of rotatable bonds is 2. The third kappa shape index (κ3) is 10.7. The molecule has 0 saturated heterocycles. The van der Waals surface area contributed by atoms with Crippen LogP contribution in [0.2, 0.25) is 0 Å². The number of hydrogen-bond acceptors (Lipinski definition) is 2. The molecule has 0 aromatic rings. The number of carboxylic acid groups (broad SMARTS) is 1. The predicted molar refractivity (Wildman–Crippen MR) is 34.4 cm³/mol. The van der Waals surface area contributed by atoms with Crippen LogP contribution < -0.4 is 64.8 Å². The Hall–Kier alpha value is 0.740. The second-order valence-corrected chi connectivity index (χ2v) is 1.64. The minimum Gasteiger partial charge on any atom is -1.00 e. The summed E-state index contributed by atoms with van der Waals surface area (Å²) in [6.07, 6.45) is 0. The minimum absolute atomic E-state index is 0. The Morgan fingerprint density at radius 3 is 2.18 bits per heavy atom. The number of likely N-dealkylation sites (N-methyl/N-ethyl adjacent to an activating group) is 1. The predicted octanol–water partition coefficient (Wildman–Crippen LogP) is -6.87. The SMILES string of the molecule is CN(CC(=O)O)C(=N)N.[H-].[H-].[Na+].[Na+]. The van der Waals surface area contributed by atoms with Gasteiger partial charge in [-0.2, -0.15) is 0 Å². The fraction of sp³-hybridized carbons (Fsp3) is 0.500. The van der Waals surface area contributed by atoms with Crippen molar-refractivity contribution in [1.29, 1.82) is 5.41 Å². The van der Waals surface area contributed by atoms with E-state index in [2.05, 4.69) is 0 Å². The van der Waals surface area contributed by atoms with Crippen LogP contribution in [0.5, 0.6) is 0 Å². The van der Waals surface area contributed by atoms with E-state index in [1.54, 1.807) is 0 Å². The Kier molecular flexibility index (Phi) is 14.2. The molecule has 7 heteroatoms. The van der Waals surface area contributed by atoms with E-state index in [1.807, 2.05) is 0 Å². The van der Waals surface area contributed by atoms with E-state index >= 15 is 0 Å². The molecule has 0 aliphatic carbocycles. The molecular weight excluding hydrogens is 168 g/mol. The molecule has 5 nitrogen and oxygen atoms in total. The van der Waals surface area contributed by atoms with E-state index in [-0.39, 0.29) is 74.5 Å². The number of carboxylic acids is 1. The molecule has 0 spiro atoms. The van der Waals surface area contributed by atoms with Crippen LogP contribution in [0, 0.1) is 5.41 Å². The Labute approximate surface area is 112 Å². The van der Waals surface area contributed by atoms with Crippen LogP contribution in [0.1, 0.15) is 2.85 Å². The average molecular weight is 179 g/mol. The molecule has 56 valence electrons. The number of carbonyl (C=O) groups is 1. The van der Waals surface area contributed by atoms with Crippen LogP contribution in [-0.2, 0) is 4.79 Å². The summed E-state index contributed by atoms with van der Waals surface area (Å²) >= 11 is 0. The number of nitrogens with zero attached hydrogens (tertiary/aromatic N) is 1. The zero-order chi connectivity index (χ0) is 7.44. The van der Waals surface area contributed by atoms with Crippen molar-refractivity contribution in [2.24, 2.45) is 5.73 Å². The van der Waals surface area contributed by atoms with Gasteiger partial charge in [0.15, 0.2) is 5.96 Å². The minimum atomic E-state index is -0.993. The molecule has 0 radical (unpaired) electrons. The zero-order valence-corrected chi connectivity index (χ0v) is 11.1. The fourth-order valence-electron chi connectivity index (χ4n) is 0.288. The number of aliphatic carboxylic acids is 1. The maximum atomic E-state index is 9.92. The third-order valence-corrected chi connectivity index (χ3v) is 0.784. The van der Waals surface area contributed by atoms with Gasteiger partial charge in [0, 0.05) is 7.05 Å². The van der Waals surface area contributed by atoms with Crippen LogP contribution in [-0.4, -0.2) is 35.5 Å². The largest absolute Gasteiger partial charge is 1.00 e. The molecule has 0 bridgehead atoms. The van der Waals surface area contributed by atoms with Gasteiger partial charge in [-0.05, 0) is 0 Å². The van der Waals surface area contributed by atoms with Crippen molar-refractivity contribution in [1.82, 2.24) is 4.90 Å². The zero-order valence-electron chi connectivity index (χ0n) is 9.09. The van der Waals surface area contributed by atoms with Crippen LogP contribution in [0.4, 0.5) is 0 Å². The molecule has 0 aromatic carbocycles. The topological polar surface area (TPSA) is 90.4 Å². The van der Waals surface area contributed by atoms with Crippen molar-refractivity contribution < 1.29 is 71.9 Å². The second kappa shape index (κ2) is 8.83. The molecule has 0 fully saturated rings. The summed E-state index contributed by atoms with van der Waals surface area (Å²) < 4.78 is 0. The first-order valence-electron chi connectivity index (χ1n) is 2.31. The summed E-state index contributed by atoms with van der Waals surface area (Å²) in [4.78, 5) is 11.0. The fourth-order valence-corrected chi connectivity index (χ4v) is 0.288. The van der Waals surface area contributed by atoms with Crippen LogP contribution in [0.25, 0.3) is 0 Å². The molecule has 0 atom stereocenters. The maximum Gasteiger partial charge on any atom is 1.00 e. The molecule has 0 saturated carbocycles. The molecule has 0 unspecified atom stereocenters. The van der Waals surface area contributed by atoms with Crippen LogP contribution >= 0.6 is 0 Å². The van der Waals surface area contributed by atoms with Crippen molar-refractivity contribution in [3.05, 3.63) is 0 Å². The van der Waals surface area contributed by atoms with Gasteiger partial charge >= 0.3 is 65.1 Å². The number of hydrogen-bond donors (Lipinski definition) is 3. The van der Waals surface area contributed by atoms with Crippen molar-refractivity contribution in [3.8, 4) is 0 Å². The van der Waals surface area contributed by atoms with Crippen molar-refractivity contribution >= 4 is 11.9 Å². The summed E-state index contributed by atoms with van der Waals surface area (Å²) in [5.41, 5.74) is 4.93. The molecule has 0 aliphatic rings. The molecule has 4 N–H and O–H groups in total. The standard InChI is InChI=1S/C4H9N3O2.2Na.2H/c1-7(4(5)6)2-3(8)9;;;;/h2H2,1H3,(H3,5,6)(H,8,9);;;;/q;2*+1;2*-1. The summed E-state index contributed by atoms with van der Waals surface area (Å²) in [7, 11) is 1.44. The molecule has 11 heavy (non-hydrogen) atoms. The van der Waals surface area contributed by atoms with Gasteiger partial charge in [-0.25, -0.2) is 0 Å². The smallest absolute Gasteiger partial charge is 1.00 e. The van der Waals surface area contributed by atoms with Crippen molar-refractivity contribution in [2.75, 3.05) is 13.6 Å². The summed E-state index contributed by atoms with van der Waals surface area (Å²) in [6, 6.07) is 0. The molecule has 0 amide bonds. The third-order valence-electron chi connectivity index (χ3n) is 0.784. The van der Waals surface area contributed by atoms with Gasteiger partial charge in [0.1, 0.15) is 6.54 Å². The van der Waals surface area contributed by atoms with Gasteiger partial charge in [0.2, 0.25) is 0 Å². The van der Waals surface area contributed by atoms with Gasteiger partial charge < -0.3 is 18.6 Å². The summed E-state index contributed by atoms with van der Waals surface area (Å²) in [6.45, 7) is -0.227. The first kappa shape index (κ1) is 17.7. The van der Waals surface area contributed by atoms with E-state index in [0.29, 0.717) is 0 Å². The van der Waals surface area contributed by atoms with Gasteiger partial charge in [-0.3, -0.25) is 10.2 Å². The van der Waals surface area contributed by atoms with Gasteiger partial charge in [-0.15, -0.1) is 0 Å². The van der Waals surface area contributed by atoms with Crippen molar-refractivity contribution in [2.45, 2.75) is 0 Å². The van der Waals surface area contributed by atoms with Crippen LogP contribution in [0.15, 0.2) is 0 Å². The summed E-state index contributed by atoms with van der Waals surface area (Å²) in [5, 5.41) is 14.9. The van der Waals surface area contributed by atoms with E-state index < -0.39 is 5.97 Å². The van der Waals surface area contributed by atoms with Crippen LogP contribution in [0.3, 0.4) is 0 Å². The monoisotopic (exact) mass is 179 g/mol. The van der Waals surface area contributed by atoms with Crippen molar-refractivity contribution in [3.63, 3.8) is 0 Å². The molecule has 0 aliphatic heterocycles. The van der Waals surface area contributed by atoms with E-state index in [9.17, 15) is 4.79 Å². The van der Waals surface area contributed by atoms with E-state index in [4.69, 9.17) is 16.2 Å². The first-order valence-corrected chi connectivity index (χ1v) is 2.31. The normalized spacial score (nSPS) is 7.00. The Balaban J connectivity index is -0.0000000533. The maximum absolute atomic E-state index is 9.92. The molecule has 0 heterocycles. The average Bonchev–Trinajstić information content (AvgIpc) is 1.63. The summed E-state index contributed by atoms with van der Waals surface area (Å²) in [5.74, 6) is -1.23. The Bertz CT molecular complexity index is 149. The molecular formula is C4H11N3Na2O2. The second-order valence-electron chi connectivity index (χ2n) is 1.64. The van der Waals surface area contributed by atoms with Gasteiger partial charge in [0.05, 0.1) is 0 Å². The number of nitrogens with one attached hydrogen (secondary N) is 1. The van der Waals surface area contributed by atoms with Gasteiger partial charge in [-0.1, -0.05) is 0 Å². The van der Waals surface area contributed by atoms with E-state index in [0.717, 1.165) is 4.90 Å². The molecule has 0 aromatic heterocycles. The Morgan fingerprint density at radius 2 is 2.09 bits per heavy atom. The number of nitrogens with two attached hydrogens (primary N) is 1.